The summed E-state index contributed by atoms with van der Waals surface area (Å²) < 4.78 is 0. The van der Waals surface area contributed by atoms with Gasteiger partial charge in [-0.15, -0.1) is 0 Å². The van der Waals surface area contributed by atoms with Crippen LogP contribution in [-0.2, 0) is 4.79 Å². The van der Waals surface area contributed by atoms with Crippen molar-refractivity contribution in [2.75, 3.05) is 26.2 Å². The zero-order valence-electron chi connectivity index (χ0n) is 8.41. The Balaban J connectivity index is 1.81. The Morgan fingerprint density at radius 1 is 1.50 bits per heavy atom. The fourth-order valence-corrected chi connectivity index (χ4v) is 2.01. The summed E-state index contributed by atoms with van der Waals surface area (Å²) in [6.45, 7) is 3.36. The summed E-state index contributed by atoms with van der Waals surface area (Å²) in [6.07, 6.45) is 3.89. The van der Waals surface area contributed by atoms with Crippen molar-refractivity contribution in [3.63, 3.8) is 0 Å². The Bertz CT molecular complexity index is 216. The molecule has 1 saturated heterocycles. The molecule has 0 amide bonds. The van der Waals surface area contributed by atoms with Gasteiger partial charge in [-0.1, -0.05) is 12.8 Å². The Morgan fingerprint density at radius 2 is 2.29 bits per heavy atom. The molecule has 0 aromatic heterocycles. The Kier molecular flexibility index (Phi) is 3.03. The summed E-state index contributed by atoms with van der Waals surface area (Å²) in [6, 6.07) is -0.303. The number of hydrogen-bond donors (Lipinski definition) is 2. The van der Waals surface area contributed by atoms with Crippen LogP contribution >= 0.6 is 0 Å². The Hall–Kier alpha value is -0.610. The summed E-state index contributed by atoms with van der Waals surface area (Å²) in [5, 5.41) is 12.1. The van der Waals surface area contributed by atoms with Crippen LogP contribution in [0.4, 0.5) is 0 Å². The lowest BCUT2D eigenvalue weighted by Crippen LogP contribution is -2.55. The highest BCUT2D eigenvalue weighted by Gasteiger charge is 2.29. The first-order chi connectivity index (χ1) is 6.77. The minimum atomic E-state index is -0.687. The number of rotatable bonds is 4. The van der Waals surface area contributed by atoms with Gasteiger partial charge >= 0.3 is 5.97 Å². The maximum absolute atomic E-state index is 10.9. The van der Waals surface area contributed by atoms with Gasteiger partial charge in [-0.05, 0) is 18.9 Å². The largest absolute Gasteiger partial charge is 0.480 e. The monoisotopic (exact) mass is 198 g/mol. The van der Waals surface area contributed by atoms with Gasteiger partial charge in [-0.3, -0.25) is 9.69 Å². The minimum absolute atomic E-state index is 0.303. The second-order valence-electron chi connectivity index (χ2n) is 4.33. The van der Waals surface area contributed by atoms with E-state index in [0.717, 1.165) is 25.6 Å². The standard InChI is InChI=1S/C10H18N2O2/c13-10(14)9-7-11-4-6-12(9)5-3-8-1-2-8/h8-9,11H,1-7H2,(H,13,14). The first-order valence-corrected chi connectivity index (χ1v) is 5.45. The predicted octanol–water partition coefficient (Wildman–Crippen LogP) is 0.145. The average Bonchev–Trinajstić information content (AvgIpc) is 2.98. The molecule has 2 rings (SSSR count). The maximum Gasteiger partial charge on any atom is 0.322 e. The topological polar surface area (TPSA) is 52.6 Å². The molecule has 14 heavy (non-hydrogen) atoms. The molecule has 4 heteroatoms. The van der Waals surface area contributed by atoms with E-state index in [4.69, 9.17) is 5.11 Å². The second-order valence-corrected chi connectivity index (χ2v) is 4.33. The van der Waals surface area contributed by atoms with Crippen LogP contribution in [0.25, 0.3) is 0 Å². The molecule has 0 spiro atoms. The molecule has 0 aromatic rings. The molecule has 80 valence electrons. The van der Waals surface area contributed by atoms with E-state index in [1.165, 1.54) is 19.3 Å². The van der Waals surface area contributed by atoms with Crippen molar-refractivity contribution in [2.24, 2.45) is 5.92 Å². The van der Waals surface area contributed by atoms with Crippen LogP contribution in [0.15, 0.2) is 0 Å². The SMILES string of the molecule is O=C(O)C1CNCCN1CCC1CC1. The van der Waals surface area contributed by atoms with E-state index < -0.39 is 5.97 Å². The summed E-state index contributed by atoms with van der Waals surface area (Å²) in [7, 11) is 0. The number of aliphatic carboxylic acids is 1. The van der Waals surface area contributed by atoms with Crippen molar-refractivity contribution >= 4 is 5.97 Å². The number of carboxylic acids is 1. The minimum Gasteiger partial charge on any atom is -0.480 e. The average molecular weight is 198 g/mol. The number of carbonyl (C=O) groups is 1. The van der Waals surface area contributed by atoms with Gasteiger partial charge in [0.05, 0.1) is 0 Å². The van der Waals surface area contributed by atoms with E-state index in [2.05, 4.69) is 10.2 Å². The Morgan fingerprint density at radius 3 is 2.93 bits per heavy atom. The van der Waals surface area contributed by atoms with Crippen molar-refractivity contribution < 1.29 is 9.90 Å². The molecule has 0 radical (unpaired) electrons. The molecule has 1 unspecified atom stereocenters. The number of nitrogens with zero attached hydrogens (tertiary/aromatic N) is 1. The van der Waals surface area contributed by atoms with Gasteiger partial charge in [0.1, 0.15) is 6.04 Å². The summed E-state index contributed by atoms with van der Waals surface area (Å²) in [4.78, 5) is 13.1. The van der Waals surface area contributed by atoms with Crippen LogP contribution in [0.3, 0.4) is 0 Å². The van der Waals surface area contributed by atoms with Crippen LogP contribution in [0.5, 0.6) is 0 Å². The molecule has 1 aliphatic carbocycles. The first kappa shape index (κ1) is 9.93. The van der Waals surface area contributed by atoms with Crippen molar-refractivity contribution in [2.45, 2.75) is 25.3 Å². The zero-order valence-corrected chi connectivity index (χ0v) is 8.41. The highest BCUT2D eigenvalue weighted by atomic mass is 16.4. The van der Waals surface area contributed by atoms with E-state index in [0.29, 0.717) is 6.54 Å². The smallest absolute Gasteiger partial charge is 0.322 e. The van der Waals surface area contributed by atoms with Crippen LogP contribution in [0, 0.1) is 5.92 Å². The highest BCUT2D eigenvalue weighted by Crippen LogP contribution is 2.32. The molecule has 1 saturated carbocycles. The lowest BCUT2D eigenvalue weighted by Gasteiger charge is -2.33. The molecule has 0 bridgehead atoms. The van der Waals surface area contributed by atoms with Crippen molar-refractivity contribution in [1.29, 1.82) is 0 Å². The number of hydrogen-bond acceptors (Lipinski definition) is 3. The van der Waals surface area contributed by atoms with Gasteiger partial charge in [0, 0.05) is 19.6 Å². The van der Waals surface area contributed by atoms with E-state index in [9.17, 15) is 4.79 Å². The zero-order chi connectivity index (χ0) is 9.97. The predicted molar refractivity (Wildman–Crippen MR) is 53.2 cm³/mol. The van der Waals surface area contributed by atoms with Crippen molar-refractivity contribution in [3.8, 4) is 0 Å². The second kappa shape index (κ2) is 4.28. The molecule has 1 atom stereocenters. The fourth-order valence-electron chi connectivity index (χ4n) is 2.01. The molecule has 0 aromatic carbocycles. The lowest BCUT2D eigenvalue weighted by molar-refractivity contribution is -0.143. The normalized spacial score (nSPS) is 29.0. The molecule has 1 aliphatic heterocycles. The molecule has 2 N–H and O–H groups in total. The van der Waals surface area contributed by atoms with Crippen LogP contribution in [-0.4, -0.2) is 48.2 Å². The van der Waals surface area contributed by atoms with Crippen LogP contribution < -0.4 is 5.32 Å². The summed E-state index contributed by atoms with van der Waals surface area (Å²) in [5.74, 6) is 0.201. The van der Waals surface area contributed by atoms with E-state index in [-0.39, 0.29) is 6.04 Å². The third-order valence-electron chi connectivity index (χ3n) is 3.16. The van der Waals surface area contributed by atoms with Gasteiger partial charge in [-0.25, -0.2) is 0 Å². The number of carboxylic acid groups (broad SMARTS) is 1. The van der Waals surface area contributed by atoms with Gasteiger partial charge in [0.15, 0.2) is 0 Å². The molecular formula is C10H18N2O2. The third kappa shape index (κ3) is 2.45. The van der Waals surface area contributed by atoms with Gasteiger partial charge in [0.25, 0.3) is 0 Å². The highest BCUT2D eigenvalue weighted by molar-refractivity contribution is 5.73. The van der Waals surface area contributed by atoms with Gasteiger partial charge in [0.2, 0.25) is 0 Å². The number of piperazine rings is 1. The molecule has 1 heterocycles. The molecule has 2 fully saturated rings. The molecular weight excluding hydrogens is 180 g/mol. The van der Waals surface area contributed by atoms with Gasteiger partial charge < -0.3 is 10.4 Å². The van der Waals surface area contributed by atoms with E-state index in [1.807, 2.05) is 0 Å². The van der Waals surface area contributed by atoms with Gasteiger partial charge in [-0.2, -0.15) is 0 Å². The van der Waals surface area contributed by atoms with Crippen LogP contribution in [0.1, 0.15) is 19.3 Å². The van der Waals surface area contributed by atoms with E-state index >= 15 is 0 Å². The molecule has 4 nitrogen and oxygen atoms in total. The van der Waals surface area contributed by atoms with Crippen molar-refractivity contribution in [3.05, 3.63) is 0 Å². The summed E-state index contributed by atoms with van der Waals surface area (Å²) in [5.41, 5.74) is 0. The fraction of sp³-hybridized carbons (Fsp3) is 0.900. The van der Waals surface area contributed by atoms with E-state index in [1.54, 1.807) is 0 Å². The Labute approximate surface area is 84.3 Å². The van der Waals surface area contributed by atoms with Crippen LogP contribution in [0.2, 0.25) is 0 Å². The number of nitrogens with one attached hydrogen (secondary N) is 1. The van der Waals surface area contributed by atoms with Crippen molar-refractivity contribution in [1.82, 2.24) is 10.2 Å². The lowest BCUT2D eigenvalue weighted by atomic mass is 10.1. The third-order valence-corrected chi connectivity index (χ3v) is 3.16. The maximum atomic E-state index is 10.9. The summed E-state index contributed by atoms with van der Waals surface area (Å²) >= 11 is 0. The quantitative estimate of drug-likeness (QED) is 0.675. The molecule has 2 aliphatic rings. The first-order valence-electron chi connectivity index (χ1n) is 5.45.